The third-order valence-corrected chi connectivity index (χ3v) is 7.62. The predicted octanol–water partition coefficient (Wildman–Crippen LogP) is 5.22. The van der Waals surface area contributed by atoms with Crippen LogP contribution in [-0.4, -0.2) is 38.6 Å². The van der Waals surface area contributed by atoms with Crippen molar-refractivity contribution in [2.24, 2.45) is 0 Å². The zero-order valence-corrected chi connectivity index (χ0v) is 19.6. The van der Waals surface area contributed by atoms with Crippen LogP contribution >= 0.6 is 12.2 Å². The van der Waals surface area contributed by atoms with E-state index in [-0.39, 0.29) is 28.9 Å². The van der Waals surface area contributed by atoms with E-state index >= 15 is 0 Å². The van der Waals surface area contributed by atoms with E-state index in [9.17, 15) is 18.0 Å². The van der Waals surface area contributed by atoms with Crippen molar-refractivity contribution in [1.29, 1.82) is 5.26 Å². The van der Waals surface area contributed by atoms with E-state index in [4.69, 9.17) is 22.2 Å². The Morgan fingerprint density at radius 3 is 2.40 bits per heavy atom. The predicted molar refractivity (Wildman–Crippen MR) is 126 cm³/mol. The minimum absolute atomic E-state index is 0.000741. The molecule has 1 saturated heterocycles. The lowest BCUT2D eigenvalue weighted by Gasteiger charge is -2.48. The molecule has 6 nitrogen and oxygen atoms in total. The molecule has 0 radical (unpaired) electrons. The summed E-state index contributed by atoms with van der Waals surface area (Å²) in [5.74, 6) is 0.509. The second kappa shape index (κ2) is 8.79. The molecule has 0 atom stereocenters. The van der Waals surface area contributed by atoms with Crippen molar-refractivity contribution in [3.63, 3.8) is 0 Å². The fraction of sp³-hybridized carbons (Fsp3) is 0.440. The van der Waals surface area contributed by atoms with Crippen molar-refractivity contribution in [3.8, 4) is 11.8 Å². The lowest BCUT2D eigenvalue weighted by Crippen LogP contribution is -2.59. The van der Waals surface area contributed by atoms with Crippen molar-refractivity contribution in [2.45, 2.75) is 68.8 Å². The molecule has 0 bridgehead atoms. The quantitative estimate of drug-likeness (QED) is 0.537. The number of alkyl halides is 3. The van der Waals surface area contributed by atoms with E-state index in [0.717, 1.165) is 50.1 Å². The van der Waals surface area contributed by atoms with Gasteiger partial charge >= 0.3 is 6.18 Å². The lowest BCUT2D eigenvalue weighted by molar-refractivity contribution is -0.138. The number of carbonyl (C=O) groups excluding carboxylic acids is 1. The Hall–Kier alpha value is -3.19. The van der Waals surface area contributed by atoms with E-state index in [2.05, 4.69) is 4.98 Å². The van der Waals surface area contributed by atoms with Crippen LogP contribution < -0.4 is 9.64 Å². The van der Waals surface area contributed by atoms with Gasteiger partial charge in [-0.2, -0.15) is 18.4 Å². The number of benzene rings is 1. The van der Waals surface area contributed by atoms with Crippen LogP contribution in [0.5, 0.6) is 5.75 Å². The molecule has 1 aromatic carbocycles. The number of hydrogen-bond donors (Lipinski definition) is 0. The van der Waals surface area contributed by atoms with Crippen molar-refractivity contribution >= 4 is 28.9 Å². The number of amides is 1. The number of carbonyl (C=O) groups is 1. The minimum atomic E-state index is -4.77. The van der Waals surface area contributed by atoms with Gasteiger partial charge in [0, 0.05) is 6.04 Å². The molecule has 3 fully saturated rings. The Morgan fingerprint density at radius 2 is 1.83 bits per heavy atom. The maximum Gasteiger partial charge on any atom is 0.419 e. The second-order valence-electron chi connectivity index (χ2n) is 9.24. The van der Waals surface area contributed by atoms with E-state index in [1.807, 2.05) is 35.2 Å². The van der Waals surface area contributed by atoms with E-state index in [0.29, 0.717) is 12.8 Å². The highest BCUT2D eigenvalue weighted by molar-refractivity contribution is 7.80. The standard InChI is InChI=1S/C25H23F3N4O2S/c26-25(27,28)20-13-17(15-30-21(20)14-29)31-22(33)24(11-4-12-24)32(23(31)35)16-7-9-19(10-8-16)34-18-5-2-1-3-6-18/h1-3,5-6,13,15-16,19H,4,7-12H2. The smallest absolute Gasteiger partial charge is 0.419 e. The molecule has 2 saturated carbocycles. The molecule has 1 aromatic heterocycles. The highest BCUT2D eigenvalue weighted by atomic mass is 32.1. The molecular weight excluding hydrogens is 477 g/mol. The number of para-hydroxylation sites is 1. The minimum Gasteiger partial charge on any atom is -0.490 e. The van der Waals surface area contributed by atoms with E-state index in [1.165, 1.54) is 11.0 Å². The number of nitrogens with zero attached hydrogens (tertiary/aromatic N) is 4. The Balaban J connectivity index is 1.38. The number of ether oxygens (including phenoxy) is 1. The largest absolute Gasteiger partial charge is 0.490 e. The molecule has 35 heavy (non-hydrogen) atoms. The third-order valence-electron chi connectivity index (χ3n) is 7.24. The zero-order valence-electron chi connectivity index (χ0n) is 18.8. The first-order valence-corrected chi connectivity index (χ1v) is 12.0. The maximum atomic E-state index is 13.6. The summed E-state index contributed by atoms with van der Waals surface area (Å²) in [6.07, 6.45) is 1.59. The van der Waals surface area contributed by atoms with Gasteiger partial charge in [0.25, 0.3) is 5.91 Å². The van der Waals surface area contributed by atoms with Crippen molar-refractivity contribution < 1.29 is 22.7 Å². The molecule has 0 N–H and O–H groups in total. The van der Waals surface area contributed by atoms with Crippen LogP contribution in [0.1, 0.15) is 56.2 Å². The summed E-state index contributed by atoms with van der Waals surface area (Å²) in [6, 6.07) is 11.9. The van der Waals surface area contributed by atoms with Crippen LogP contribution in [0.2, 0.25) is 0 Å². The number of thiocarbonyl (C=S) groups is 1. The molecule has 0 unspecified atom stereocenters. The van der Waals surface area contributed by atoms with Gasteiger partial charge in [-0.15, -0.1) is 0 Å². The molecule has 2 aliphatic carbocycles. The summed E-state index contributed by atoms with van der Waals surface area (Å²) < 4.78 is 46.7. The number of rotatable bonds is 4. The summed E-state index contributed by atoms with van der Waals surface area (Å²) in [4.78, 5) is 20.4. The maximum absolute atomic E-state index is 13.6. The Bertz CT molecular complexity index is 1190. The van der Waals surface area contributed by atoms with Gasteiger partial charge in [-0.25, -0.2) is 4.98 Å². The molecule has 1 amide bonds. The first-order valence-electron chi connectivity index (χ1n) is 11.6. The number of anilines is 1. The van der Waals surface area contributed by atoms with E-state index < -0.39 is 23.0 Å². The Morgan fingerprint density at radius 1 is 1.14 bits per heavy atom. The van der Waals surface area contributed by atoms with Gasteiger partial charge in [-0.1, -0.05) is 18.2 Å². The molecule has 1 aliphatic heterocycles. The molecular formula is C25H23F3N4O2S. The molecule has 5 rings (SSSR count). The van der Waals surface area contributed by atoms with Gasteiger partial charge in [0.2, 0.25) is 0 Å². The van der Waals surface area contributed by atoms with Crippen molar-refractivity contribution in [2.75, 3.05) is 4.90 Å². The van der Waals surface area contributed by atoms with Gasteiger partial charge < -0.3 is 9.64 Å². The third kappa shape index (κ3) is 4.01. The average molecular weight is 501 g/mol. The fourth-order valence-electron chi connectivity index (χ4n) is 5.38. The number of hydrogen-bond acceptors (Lipinski definition) is 5. The zero-order chi connectivity index (χ0) is 24.8. The molecule has 1 spiro atoms. The van der Waals surface area contributed by atoms with Gasteiger partial charge in [0.1, 0.15) is 17.4 Å². The van der Waals surface area contributed by atoms with Gasteiger partial charge in [-0.3, -0.25) is 9.69 Å². The van der Waals surface area contributed by atoms with Gasteiger partial charge in [-0.05, 0) is 75.4 Å². The first-order chi connectivity index (χ1) is 16.7. The number of aromatic nitrogens is 1. The number of nitriles is 1. The summed E-state index contributed by atoms with van der Waals surface area (Å²) in [5.41, 5.74) is -2.78. The number of halogens is 3. The van der Waals surface area contributed by atoms with Crippen LogP contribution in [0.25, 0.3) is 0 Å². The first kappa shape index (κ1) is 23.5. The molecule has 2 heterocycles. The van der Waals surface area contributed by atoms with Crippen LogP contribution in [0.3, 0.4) is 0 Å². The lowest BCUT2D eigenvalue weighted by atomic mass is 9.74. The Kier molecular flexibility index (Phi) is 5.91. The summed E-state index contributed by atoms with van der Waals surface area (Å²) in [6.45, 7) is 0. The van der Waals surface area contributed by atoms with Crippen LogP contribution in [-0.2, 0) is 11.0 Å². The average Bonchev–Trinajstić information content (AvgIpc) is 3.06. The molecule has 2 aromatic rings. The van der Waals surface area contributed by atoms with E-state index in [1.54, 1.807) is 0 Å². The van der Waals surface area contributed by atoms with Crippen molar-refractivity contribution in [1.82, 2.24) is 9.88 Å². The highest BCUT2D eigenvalue weighted by Crippen LogP contribution is 2.49. The van der Waals surface area contributed by atoms with Gasteiger partial charge in [0.15, 0.2) is 10.8 Å². The summed E-state index contributed by atoms with van der Waals surface area (Å²) >= 11 is 5.71. The normalized spacial score (nSPS) is 23.8. The SMILES string of the molecule is N#Cc1ncc(N2C(=O)C3(CCC3)N(C3CCC(Oc4ccccc4)CC3)C2=S)cc1C(F)(F)F. The molecule has 182 valence electrons. The fourth-order valence-corrected chi connectivity index (χ4v) is 5.89. The molecule has 3 aliphatic rings. The highest BCUT2D eigenvalue weighted by Gasteiger charge is 2.61. The summed E-state index contributed by atoms with van der Waals surface area (Å²) in [7, 11) is 0. The van der Waals surface area contributed by atoms with Crippen LogP contribution in [0, 0.1) is 11.3 Å². The van der Waals surface area contributed by atoms with Crippen molar-refractivity contribution in [3.05, 3.63) is 53.9 Å². The summed E-state index contributed by atoms with van der Waals surface area (Å²) in [5, 5.41) is 9.27. The second-order valence-corrected chi connectivity index (χ2v) is 9.60. The monoisotopic (exact) mass is 500 g/mol. The number of pyridine rings is 1. The van der Waals surface area contributed by atoms with Crippen LogP contribution in [0.4, 0.5) is 18.9 Å². The molecule has 10 heteroatoms. The topological polar surface area (TPSA) is 69.5 Å². The van der Waals surface area contributed by atoms with Gasteiger partial charge in [0.05, 0.1) is 23.6 Å². The van der Waals surface area contributed by atoms with Crippen LogP contribution in [0.15, 0.2) is 42.6 Å². The Labute approximate surface area is 206 Å².